The van der Waals surface area contributed by atoms with Crippen LogP contribution in [0.4, 0.5) is 5.69 Å². The summed E-state index contributed by atoms with van der Waals surface area (Å²) in [5.74, 6) is 0.218. The fourth-order valence-electron chi connectivity index (χ4n) is 2.62. The highest BCUT2D eigenvalue weighted by Gasteiger charge is 2.29. The Morgan fingerprint density at radius 2 is 1.75 bits per heavy atom. The predicted octanol–water partition coefficient (Wildman–Crippen LogP) is 3.62. The van der Waals surface area contributed by atoms with Crippen LogP contribution in [0, 0.1) is 12.8 Å². The van der Waals surface area contributed by atoms with Gasteiger partial charge in [-0.05, 0) is 55.2 Å². The van der Waals surface area contributed by atoms with Gasteiger partial charge in [0.25, 0.3) is 5.91 Å². The zero-order valence-electron chi connectivity index (χ0n) is 14.1. The van der Waals surface area contributed by atoms with Gasteiger partial charge >= 0.3 is 0 Å². The second-order valence-corrected chi connectivity index (χ2v) is 6.43. The van der Waals surface area contributed by atoms with Gasteiger partial charge in [0.05, 0.1) is 0 Å². The Bertz CT molecular complexity index is 748. The minimum atomic E-state index is -0.0293. The van der Waals surface area contributed by atoms with E-state index in [9.17, 15) is 9.59 Å². The Hall–Kier alpha value is -2.62. The third kappa shape index (κ3) is 3.82. The summed E-state index contributed by atoms with van der Waals surface area (Å²) in [6, 6.07) is 15.2. The van der Waals surface area contributed by atoms with Crippen LogP contribution in [0.25, 0.3) is 0 Å². The highest BCUT2D eigenvalue weighted by Crippen LogP contribution is 2.30. The smallest absolute Gasteiger partial charge is 0.253 e. The molecular weight excluding hydrogens is 300 g/mol. The molecule has 1 N–H and O–H groups in total. The van der Waals surface area contributed by atoms with Crippen LogP contribution in [-0.2, 0) is 11.3 Å². The number of nitrogens with one attached hydrogen (secondary N) is 1. The molecule has 2 amide bonds. The molecule has 0 aromatic heterocycles. The fourth-order valence-corrected chi connectivity index (χ4v) is 2.62. The van der Waals surface area contributed by atoms with Gasteiger partial charge in [-0.2, -0.15) is 0 Å². The molecule has 1 saturated carbocycles. The van der Waals surface area contributed by atoms with Crippen molar-refractivity contribution >= 4 is 17.5 Å². The molecular formula is C20H22N2O2. The Morgan fingerprint density at radius 1 is 1.08 bits per heavy atom. The van der Waals surface area contributed by atoms with Crippen LogP contribution < -0.4 is 5.32 Å². The second-order valence-electron chi connectivity index (χ2n) is 6.43. The minimum Gasteiger partial charge on any atom is -0.337 e. The minimum absolute atomic E-state index is 0.0293. The summed E-state index contributed by atoms with van der Waals surface area (Å²) in [6.07, 6.45) is 1.96. The first-order valence-corrected chi connectivity index (χ1v) is 8.25. The lowest BCUT2D eigenvalue weighted by atomic mass is 10.1. The molecule has 2 aromatic rings. The lowest BCUT2D eigenvalue weighted by Gasteiger charge is -2.19. The van der Waals surface area contributed by atoms with Crippen LogP contribution in [0.15, 0.2) is 48.5 Å². The lowest BCUT2D eigenvalue weighted by molar-refractivity contribution is -0.117. The molecule has 0 spiro atoms. The molecule has 1 aliphatic carbocycles. The third-order valence-electron chi connectivity index (χ3n) is 4.36. The van der Waals surface area contributed by atoms with E-state index in [0.717, 1.165) is 24.1 Å². The Kier molecular flexibility index (Phi) is 4.65. The highest BCUT2D eigenvalue weighted by atomic mass is 16.2. The summed E-state index contributed by atoms with van der Waals surface area (Å²) in [6.45, 7) is 2.62. The van der Waals surface area contributed by atoms with E-state index in [4.69, 9.17) is 0 Å². The predicted molar refractivity (Wildman–Crippen MR) is 94.8 cm³/mol. The number of carbonyl (C=O) groups excluding carboxylic acids is 2. The maximum atomic E-state index is 12.6. The SMILES string of the molecule is Cc1ccccc1CN(C)C(=O)c1ccc(NC(=O)C2CC2)cc1. The molecule has 124 valence electrons. The standard InChI is InChI=1S/C20H22N2O2/c1-14-5-3-4-6-17(14)13-22(2)20(24)16-9-11-18(12-10-16)21-19(23)15-7-8-15/h3-6,9-12,15H,7-8,13H2,1-2H3,(H,21,23). The van der Waals surface area contributed by atoms with Gasteiger partial charge in [0, 0.05) is 30.8 Å². The summed E-state index contributed by atoms with van der Waals surface area (Å²) in [4.78, 5) is 26.0. The Labute approximate surface area is 142 Å². The van der Waals surface area contributed by atoms with Gasteiger partial charge in [0.1, 0.15) is 0 Å². The van der Waals surface area contributed by atoms with Crippen molar-refractivity contribution in [1.82, 2.24) is 4.90 Å². The maximum Gasteiger partial charge on any atom is 0.253 e. The van der Waals surface area contributed by atoms with E-state index in [1.807, 2.05) is 31.2 Å². The van der Waals surface area contributed by atoms with Gasteiger partial charge in [0.2, 0.25) is 5.91 Å². The molecule has 0 unspecified atom stereocenters. The van der Waals surface area contributed by atoms with Crippen LogP contribution in [0.1, 0.15) is 34.3 Å². The maximum absolute atomic E-state index is 12.6. The number of hydrogen-bond donors (Lipinski definition) is 1. The topological polar surface area (TPSA) is 49.4 Å². The molecule has 0 radical (unpaired) electrons. The van der Waals surface area contributed by atoms with Crippen LogP contribution in [0.2, 0.25) is 0 Å². The first-order valence-electron chi connectivity index (χ1n) is 8.25. The van der Waals surface area contributed by atoms with Gasteiger partial charge in [-0.25, -0.2) is 0 Å². The van der Waals surface area contributed by atoms with Crippen molar-refractivity contribution in [2.45, 2.75) is 26.3 Å². The summed E-state index contributed by atoms with van der Waals surface area (Å²) in [5, 5.41) is 2.88. The average Bonchev–Trinajstić information content (AvgIpc) is 3.42. The molecule has 4 heteroatoms. The Balaban J connectivity index is 1.63. The normalized spacial score (nSPS) is 13.4. The molecule has 1 aliphatic rings. The quantitative estimate of drug-likeness (QED) is 0.914. The molecule has 24 heavy (non-hydrogen) atoms. The number of amides is 2. The van der Waals surface area contributed by atoms with E-state index < -0.39 is 0 Å². The number of hydrogen-bond acceptors (Lipinski definition) is 2. The van der Waals surface area contributed by atoms with Crippen molar-refractivity contribution in [2.75, 3.05) is 12.4 Å². The number of anilines is 1. The zero-order chi connectivity index (χ0) is 17.1. The first kappa shape index (κ1) is 16.2. The number of aryl methyl sites for hydroxylation is 1. The van der Waals surface area contributed by atoms with Crippen LogP contribution >= 0.6 is 0 Å². The molecule has 3 rings (SSSR count). The average molecular weight is 322 g/mol. The van der Waals surface area contributed by atoms with Crippen LogP contribution in [0.5, 0.6) is 0 Å². The van der Waals surface area contributed by atoms with Crippen LogP contribution in [0.3, 0.4) is 0 Å². The van der Waals surface area contributed by atoms with E-state index >= 15 is 0 Å². The molecule has 1 fully saturated rings. The summed E-state index contributed by atoms with van der Waals surface area (Å²) >= 11 is 0. The van der Waals surface area contributed by atoms with Crippen LogP contribution in [-0.4, -0.2) is 23.8 Å². The molecule has 0 heterocycles. The summed E-state index contributed by atoms with van der Waals surface area (Å²) in [5.41, 5.74) is 3.68. The van der Waals surface area contributed by atoms with Crippen molar-refractivity contribution in [3.05, 3.63) is 65.2 Å². The fraction of sp³-hybridized carbons (Fsp3) is 0.300. The van der Waals surface area contributed by atoms with Crippen molar-refractivity contribution in [2.24, 2.45) is 5.92 Å². The first-order chi connectivity index (χ1) is 11.5. The molecule has 0 aliphatic heterocycles. The van der Waals surface area contributed by atoms with Crippen molar-refractivity contribution < 1.29 is 9.59 Å². The number of nitrogens with zero attached hydrogens (tertiary/aromatic N) is 1. The zero-order valence-corrected chi connectivity index (χ0v) is 14.1. The number of benzene rings is 2. The van der Waals surface area contributed by atoms with Gasteiger partial charge in [-0.1, -0.05) is 24.3 Å². The molecule has 0 saturated heterocycles. The summed E-state index contributed by atoms with van der Waals surface area (Å²) < 4.78 is 0. The lowest BCUT2D eigenvalue weighted by Crippen LogP contribution is -2.26. The van der Waals surface area contributed by atoms with Gasteiger partial charge < -0.3 is 10.2 Å². The van der Waals surface area contributed by atoms with Gasteiger partial charge in [0.15, 0.2) is 0 Å². The monoisotopic (exact) mass is 322 g/mol. The van der Waals surface area contributed by atoms with E-state index in [2.05, 4.69) is 5.32 Å². The Morgan fingerprint density at radius 3 is 2.38 bits per heavy atom. The van der Waals surface area contributed by atoms with Crippen molar-refractivity contribution in [3.8, 4) is 0 Å². The molecule has 0 atom stereocenters. The molecule has 0 bridgehead atoms. The van der Waals surface area contributed by atoms with Crippen molar-refractivity contribution in [1.29, 1.82) is 0 Å². The van der Waals surface area contributed by atoms with Gasteiger partial charge in [-0.15, -0.1) is 0 Å². The number of carbonyl (C=O) groups is 2. The van der Waals surface area contributed by atoms with E-state index in [1.165, 1.54) is 5.56 Å². The molecule has 2 aromatic carbocycles. The molecule has 4 nitrogen and oxygen atoms in total. The third-order valence-corrected chi connectivity index (χ3v) is 4.36. The highest BCUT2D eigenvalue weighted by molar-refractivity contribution is 5.96. The van der Waals surface area contributed by atoms with E-state index in [0.29, 0.717) is 12.1 Å². The van der Waals surface area contributed by atoms with E-state index in [1.54, 1.807) is 36.2 Å². The largest absolute Gasteiger partial charge is 0.337 e. The summed E-state index contributed by atoms with van der Waals surface area (Å²) in [7, 11) is 1.80. The van der Waals surface area contributed by atoms with E-state index in [-0.39, 0.29) is 17.7 Å². The van der Waals surface area contributed by atoms with Gasteiger partial charge in [-0.3, -0.25) is 9.59 Å². The second kappa shape index (κ2) is 6.87. The number of rotatable bonds is 5. The van der Waals surface area contributed by atoms with Crippen molar-refractivity contribution in [3.63, 3.8) is 0 Å².